The molecule has 3 heterocycles. The topological polar surface area (TPSA) is 98.1 Å². The Morgan fingerprint density at radius 2 is 2.19 bits per heavy atom. The summed E-state index contributed by atoms with van der Waals surface area (Å²) in [6.45, 7) is 2.72. The molecule has 1 unspecified atom stereocenters. The molecule has 2 aromatic heterocycles. The minimum atomic E-state index is 0. The highest BCUT2D eigenvalue weighted by Gasteiger charge is 2.20. The molecule has 0 spiro atoms. The maximum absolute atomic E-state index is 5.66. The van der Waals surface area contributed by atoms with Crippen molar-refractivity contribution in [3.63, 3.8) is 0 Å². The van der Waals surface area contributed by atoms with E-state index in [4.69, 9.17) is 14.0 Å². The van der Waals surface area contributed by atoms with Crippen molar-refractivity contribution in [1.29, 1.82) is 0 Å². The summed E-state index contributed by atoms with van der Waals surface area (Å²) in [6, 6.07) is 9.72. The number of methoxy groups -OCH3 is 1. The molecule has 0 radical (unpaired) electrons. The van der Waals surface area contributed by atoms with Crippen LogP contribution in [0.2, 0.25) is 0 Å². The highest BCUT2D eigenvalue weighted by atomic mass is 35.5. The first kappa shape index (κ1) is 19.3. The second-order valence-corrected chi connectivity index (χ2v) is 6.26. The van der Waals surface area contributed by atoms with Crippen molar-refractivity contribution in [1.82, 2.24) is 25.7 Å². The number of nitrogens with zero attached hydrogens (tertiary/aromatic N) is 3. The fourth-order valence-corrected chi connectivity index (χ4v) is 3.01. The number of H-pyrrole nitrogens is 1. The number of halogens is 1. The number of benzene rings is 1. The standard InChI is InChI=1S/C18H21N5O3.ClH/c1-24-14-4-2-3-12(7-14)10-25-11-17-20-18(26-23-17)16-8-15(21-22-16)13-5-6-19-9-13;/h2-4,7-8,13,19H,5-6,9-11H2,1H3,(H,21,22);1H. The van der Waals surface area contributed by atoms with Gasteiger partial charge in [0.2, 0.25) is 0 Å². The number of nitrogens with one attached hydrogen (secondary N) is 2. The summed E-state index contributed by atoms with van der Waals surface area (Å²) < 4.78 is 16.2. The van der Waals surface area contributed by atoms with Gasteiger partial charge in [-0.3, -0.25) is 5.10 Å². The van der Waals surface area contributed by atoms with Gasteiger partial charge in [0, 0.05) is 18.2 Å². The molecule has 8 nitrogen and oxygen atoms in total. The summed E-state index contributed by atoms with van der Waals surface area (Å²) >= 11 is 0. The third kappa shape index (κ3) is 4.65. The van der Waals surface area contributed by atoms with Gasteiger partial charge in [0.25, 0.3) is 5.89 Å². The maximum atomic E-state index is 5.66. The molecule has 1 aromatic carbocycles. The number of hydrogen-bond donors (Lipinski definition) is 2. The van der Waals surface area contributed by atoms with E-state index in [-0.39, 0.29) is 19.0 Å². The number of ether oxygens (including phenoxy) is 2. The minimum absolute atomic E-state index is 0. The average molecular weight is 392 g/mol. The Bertz CT molecular complexity index is 860. The molecule has 1 fully saturated rings. The van der Waals surface area contributed by atoms with Gasteiger partial charge >= 0.3 is 0 Å². The molecular formula is C18H22ClN5O3. The summed E-state index contributed by atoms with van der Waals surface area (Å²) in [5, 5.41) is 14.7. The number of aromatic amines is 1. The third-order valence-corrected chi connectivity index (χ3v) is 4.42. The van der Waals surface area contributed by atoms with E-state index in [1.807, 2.05) is 30.3 Å². The van der Waals surface area contributed by atoms with Crippen LogP contribution >= 0.6 is 12.4 Å². The zero-order valence-corrected chi connectivity index (χ0v) is 15.8. The van der Waals surface area contributed by atoms with E-state index < -0.39 is 0 Å². The molecule has 1 atom stereocenters. The Morgan fingerprint density at radius 1 is 1.26 bits per heavy atom. The van der Waals surface area contributed by atoms with Gasteiger partial charge in [0.05, 0.1) is 13.7 Å². The lowest BCUT2D eigenvalue weighted by Crippen LogP contribution is -2.08. The third-order valence-electron chi connectivity index (χ3n) is 4.42. The minimum Gasteiger partial charge on any atom is -0.497 e. The van der Waals surface area contributed by atoms with Gasteiger partial charge in [-0.1, -0.05) is 17.3 Å². The quantitative estimate of drug-likeness (QED) is 0.638. The van der Waals surface area contributed by atoms with Crippen LogP contribution < -0.4 is 10.1 Å². The zero-order chi connectivity index (χ0) is 17.8. The van der Waals surface area contributed by atoms with Crippen LogP contribution in [-0.4, -0.2) is 40.5 Å². The van der Waals surface area contributed by atoms with E-state index in [1.54, 1.807) is 7.11 Å². The Labute approximate surface area is 163 Å². The molecule has 2 N–H and O–H groups in total. The monoisotopic (exact) mass is 391 g/mol. The van der Waals surface area contributed by atoms with Gasteiger partial charge in [-0.05, 0) is 36.7 Å². The van der Waals surface area contributed by atoms with E-state index in [9.17, 15) is 0 Å². The van der Waals surface area contributed by atoms with Gasteiger partial charge in [-0.15, -0.1) is 12.4 Å². The van der Waals surface area contributed by atoms with Crippen LogP contribution in [0.25, 0.3) is 11.6 Å². The van der Waals surface area contributed by atoms with E-state index in [1.165, 1.54) is 0 Å². The average Bonchev–Trinajstić information content (AvgIpc) is 3.41. The van der Waals surface area contributed by atoms with Crippen LogP contribution in [-0.2, 0) is 18.0 Å². The molecule has 1 saturated heterocycles. The van der Waals surface area contributed by atoms with E-state index >= 15 is 0 Å². The van der Waals surface area contributed by atoms with Crippen molar-refractivity contribution >= 4 is 12.4 Å². The van der Waals surface area contributed by atoms with Crippen molar-refractivity contribution < 1.29 is 14.0 Å². The molecule has 4 rings (SSSR count). The van der Waals surface area contributed by atoms with E-state index in [0.717, 1.165) is 36.5 Å². The first-order chi connectivity index (χ1) is 12.8. The summed E-state index contributed by atoms with van der Waals surface area (Å²) in [4.78, 5) is 4.36. The fraction of sp³-hybridized carbons (Fsp3) is 0.389. The van der Waals surface area contributed by atoms with Crippen molar-refractivity contribution in [2.45, 2.75) is 25.6 Å². The second-order valence-electron chi connectivity index (χ2n) is 6.26. The molecular weight excluding hydrogens is 370 g/mol. The summed E-state index contributed by atoms with van der Waals surface area (Å²) in [6.07, 6.45) is 1.11. The van der Waals surface area contributed by atoms with Gasteiger partial charge in [0.1, 0.15) is 12.4 Å². The van der Waals surface area contributed by atoms with Crippen molar-refractivity contribution in [2.24, 2.45) is 0 Å². The normalized spacial score (nSPS) is 16.3. The maximum Gasteiger partial charge on any atom is 0.278 e. The smallest absolute Gasteiger partial charge is 0.278 e. The van der Waals surface area contributed by atoms with E-state index in [2.05, 4.69) is 25.7 Å². The molecule has 0 bridgehead atoms. The highest BCUT2D eigenvalue weighted by Crippen LogP contribution is 2.24. The summed E-state index contributed by atoms with van der Waals surface area (Å²) in [5.74, 6) is 2.16. The Hall–Kier alpha value is -2.42. The van der Waals surface area contributed by atoms with Crippen molar-refractivity contribution in [2.75, 3.05) is 20.2 Å². The first-order valence-electron chi connectivity index (χ1n) is 8.61. The Morgan fingerprint density at radius 3 is 3.00 bits per heavy atom. The molecule has 0 saturated carbocycles. The lowest BCUT2D eigenvalue weighted by molar-refractivity contribution is 0.0998. The zero-order valence-electron chi connectivity index (χ0n) is 15.0. The van der Waals surface area contributed by atoms with Crippen LogP contribution in [0.1, 0.15) is 29.4 Å². The van der Waals surface area contributed by atoms with Gasteiger partial charge < -0.3 is 19.3 Å². The first-order valence-corrected chi connectivity index (χ1v) is 8.61. The fourth-order valence-electron chi connectivity index (χ4n) is 3.01. The summed E-state index contributed by atoms with van der Waals surface area (Å²) in [7, 11) is 1.64. The molecule has 9 heteroatoms. The van der Waals surface area contributed by atoms with Crippen molar-refractivity contribution in [3.8, 4) is 17.3 Å². The number of aromatic nitrogens is 4. The van der Waals surface area contributed by atoms with E-state index in [0.29, 0.717) is 29.9 Å². The summed E-state index contributed by atoms with van der Waals surface area (Å²) in [5.41, 5.74) is 2.78. The van der Waals surface area contributed by atoms with Gasteiger partial charge in [-0.2, -0.15) is 10.1 Å². The Balaban J connectivity index is 0.00000210. The lowest BCUT2D eigenvalue weighted by atomic mass is 10.1. The molecule has 27 heavy (non-hydrogen) atoms. The molecule has 1 aliphatic heterocycles. The van der Waals surface area contributed by atoms with Crippen LogP contribution in [0.15, 0.2) is 34.9 Å². The molecule has 1 aliphatic rings. The van der Waals surface area contributed by atoms with Crippen LogP contribution in [0.5, 0.6) is 5.75 Å². The van der Waals surface area contributed by atoms with Gasteiger partial charge in [-0.25, -0.2) is 0 Å². The second kappa shape index (κ2) is 8.98. The molecule has 144 valence electrons. The predicted octanol–water partition coefficient (Wildman–Crippen LogP) is 2.68. The van der Waals surface area contributed by atoms with Crippen LogP contribution in [0, 0.1) is 0 Å². The molecule has 0 aliphatic carbocycles. The van der Waals surface area contributed by atoms with Crippen LogP contribution in [0.4, 0.5) is 0 Å². The highest BCUT2D eigenvalue weighted by molar-refractivity contribution is 5.85. The lowest BCUT2D eigenvalue weighted by Gasteiger charge is -2.04. The number of hydrogen-bond acceptors (Lipinski definition) is 7. The number of rotatable bonds is 7. The van der Waals surface area contributed by atoms with Crippen LogP contribution in [0.3, 0.4) is 0 Å². The van der Waals surface area contributed by atoms with Crippen molar-refractivity contribution in [3.05, 3.63) is 47.4 Å². The molecule has 0 amide bonds. The molecule has 3 aromatic rings. The van der Waals surface area contributed by atoms with Gasteiger partial charge in [0.15, 0.2) is 11.5 Å². The predicted molar refractivity (Wildman–Crippen MR) is 101 cm³/mol. The SMILES string of the molecule is COc1cccc(COCc2noc(-c3cc(C4CCNC4)[nH]n3)n2)c1.Cl. The Kier molecular flexibility index (Phi) is 6.44. The largest absolute Gasteiger partial charge is 0.497 e.